The van der Waals surface area contributed by atoms with Gasteiger partial charge in [0.2, 0.25) is 17.7 Å². The van der Waals surface area contributed by atoms with E-state index in [0.29, 0.717) is 5.92 Å². The van der Waals surface area contributed by atoms with Crippen LogP contribution in [-0.2, 0) is 19.1 Å². The molecule has 0 spiro atoms. The van der Waals surface area contributed by atoms with Crippen molar-refractivity contribution in [3.8, 4) is 0 Å². The molecule has 0 aliphatic carbocycles. The molecule has 2 unspecified atom stereocenters. The van der Waals surface area contributed by atoms with E-state index in [1.165, 1.54) is 4.90 Å². The molecule has 124 valence electrons. The third kappa shape index (κ3) is 4.53. The van der Waals surface area contributed by atoms with Crippen LogP contribution in [0.25, 0.3) is 0 Å². The van der Waals surface area contributed by atoms with Crippen LogP contribution in [0.15, 0.2) is 0 Å². The highest BCUT2D eigenvalue weighted by Gasteiger charge is 2.30. The van der Waals surface area contributed by atoms with Gasteiger partial charge in [0, 0.05) is 32.4 Å². The monoisotopic (exact) mass is 310 g/mol. The summed E-state index contributed by atoms with van der Waals surface area (Å²) in [4.78, 5) is 36.3. The van der Waals surface area contributed by atoms with E-state index in [4.69, 9.17) is 4.74 Å². The number of likely N-dealkylation sites (tertiary alicyclic amines) is 1. The van der Waals surface area contributed by atoms with Crippen LogP contribution in [0.3, 0.4) is 0 Å². The number of carbonyl (C=O) groups excluding carboxylic acids is 3. The topological polar surface area (TPSA) is 75.7 Å². The Labute approximate surface area is 131 Å². The number of carbonyl (C=O) groups is 3. The number of hydrogen-bond acceptors (Lipinski definition) is 4. The molecule has 0 radical (unpaired) electrons. The highest BCUT2D eigenvalue weighted by atomic mass is 16.5. The van der Waals surface area contributed by atoms with Crippen molar-refractivity contribution < 1.29 is 19.1 Å². The minimum atomic E-state index is -0.170. The van der Waals surface area contributed by atoms with Gasteiger partial charge in [0.05, 0.1) is 12.1 Å². The lowest BCUT2D eigenvalue weighted by molar-refractivity contribution is -0.138. The van der Waals surface area contributed by atoms with Gasteiger partial charge in [-0.2, -0.15) is 0 Å². The highest BCUT2D eigenvalue weighted by Crippen LogP contribution is 2.20. The van der Waals surface area contributed by atoms with Gasteiger partial charge < -0.3 is 10.1 Å². The third-order valence-electron chi connectivity index (χ3n) is 4.21. The van der Waals surface area contributed by atoms with Crippen molar-refractivity contribution in [1.29, 1.82) is 0 Å². The first-order valence-electron chi connectivity index (χ1n) is 8.21. The molecular weight excluding hydrogens is 284 g/mol. The number of nitrogens with zero attached hydrogens (tertiary/aromatic N) is 1. The Morgan fingerprint density at radius 2 is 2.00 bits per heavy atom. The second kappa shape index (κ2) is 7.72. The normalized spacial score (nSPS) is 25.9. The minimum Gasteiger partial charge on any atom is -0.376 e. The Morgan fingerprint density at radius 1 is 1.32 bits per heavy atom. The maximum Gasteiger partial charge on any atom is 0.229 e. The minimum absolute atomic E-state index is 0.0358. The molecule has 2 rings (SSSR count). The first kappa shape index (κ1) is 16.9. The van der Waals surface area contributed by atoms with Crippen molar-refractivity contribution in [3.63, 3.8) is 0 Å². The van der Waals surface area contributed by atoms with E-state index in [2.05, 4.69) is 19.2 Å². The van der Waals surface area contributed by atoms with E-state index >= 15 is 0 Å². The van der Waals surface area contributed by atoms with Crippen LogP contribution in [0, 0.1) is 5.92 Å². The summed E-state index contributed by atoms with van der Waals surface area (Å²) in [6.07, 6.45) is 3.57. The molecule has 1 N–H and O–H groups in total. The number of hydrogen-bond donors (Lipinski definition) is 1. The third-order valence-corrected chi connectivity index (χ3v) is 4.21. The molecule has 2 aliphatic heterocycles. The van der Waals surface area contributed by atoms with Gasteiger partial charge >= 0.3 is 0 Å². The molecule has 0 aromatic rings. The van der Waals surface area contributed by atoms with Gasteiger partial charge in [-0.25, -0.2) is 0 Å². The second-order valence-electron chi connectivity index (χ2n) is 6.54. The Bertz CT molecular complexity index is 420. The van der Waals surface area contributed by atoms with Gasteiger partial charge in [0.1, 0.15) is 0 Å². The molecule has 2 heterocycles. The van der Waals surface area contributed by atoms with E-state index < -0.39 is 0 Å². The standard InChI is InChI=1S/C16H26N2O4/c1-11(2)10-13-12(4-3-9-22-13)17-14(19)7-8-18-15(20)5-6-16(18)21/h11-13H,3-10H2,1-2H3,(H,17,19). The van der Waals surface area contributed by atoms with Gasteiger partial charge in [0.15, 0.2) is 0 Å². The number of imide groups is 1. The largest absolute Gasteiger partial charge is 0.376 e. The lowest BCUT2D eigenvalue weighted by Crippen LogP contribution is -2.48. The summed E-state index contributed by atoms with van der Waals surface area (Å²) in [5.74, 6) is 0.0621. The molecule has 3 amide bonds. The van der Waals surface area contributed by atoms with Gasteiger partial charge in [-0.15, -0.1) is 0 Å². The predicted octanol–water partition coefficient (Wildman–Crippen LogP) is 1.24. The zero-order valence-electron chi connectivity index (χ0n) is 13.5. The number of ether oxygens (including phenoxy) is 1. The molecule has 2 fully saturated rings. The van der Waals surface area contributed by atoms with Crippen LogP contribution in [0.5, 0.6) is 0 Å². The molecule has 2 saturated heterocycles. The summed E-state index contributed by atoms with van der Waals surface area (Å²) in [5, 5.41) is 3.01. The summed E-state index contributed by atoms with van der Waals surface area (Å²) in [7, 11) is 0. The highest BCUT2D eigenvalue weighted by molar-refractivity contribution is 6.02. The molecule has 6 heteroatoms. The van der Waals surface area contributed by atoms with E-state index in [9.17, 15) is 14.4 Å². The Hall–Kier alpha value is -1.43. The summed E-state index contributed by atoms with van der Waals surface area (Å²) >= 11 is 0. The van der Waals surface area contributed by atoms with Gasteiger partial charge in [-0.3, -0.25) is 19.3 Å². The first-order valence-corrected chi connectivity index (χ1v) is 8.21. The van der Waals surface area contributed by atoms with Crippen LogP contribution < -0.4 is 5.32 Å². The zero-order valence-corrected chi connectivity index (χ0v) is 13.5. The fraction of sp³-hybridized carbons (Fsp3) is 0.812. The molecule has 0 saturated carbocycles. The predicted molar refractivity (Wildman–Crippen MR) is 80.9 cm³/mol. The van der Waals surface area contributed by atoms with Crippen molar-refractivity contribution in [2.45, 2.75) is 64.5 Å². The van der Waals surface area contributed by atoms with E-state index in [1.807, 2.05) is 0 Å². The van der Waals surface area contributed by atoms with Gasteiger partial charge in [0.25, 0.3) is 0 Å². The average Bonchev–Trinajstić information content (AvgIpc) is 2.77. The Morgan fingerprint density at radius 3 is 2.64 bits per heavy atom. The maximum absolute atomic E-state index is 12.1. The van der Waals surface area contributed by atoms with Gasteiger partial charge in [-0.05, 0) is 25.2 Å². The van der Waals surface area contributed by atoms with Crippen molar-refractivity contribution in [1.82, 2.24) is 10.2 Å². The molecule has 6 nitrogen and oxygen atoms in total. The SMILES string of the molecule is CC(C)CC1OCCCC1NC(=O)CCN1C(=O)CCC1=O. The van der Waals surface area contributed by atoms with Crippen molar-refractivity contribution >= 4 is 17.7 Å². The van der Waals surface area contributed by atoms with Crippen molar-refractivity contribution in [3.05, 3.63) is 0 Å². The van der Waals surface area contributed by atoms with Crippen LogP contribution >= 0.6 is 0 Å². The molecule has 22 heavy (non-hydrogen) atoms. The summed E-state index contributed by atoms with van der Waals surface area (Å²) in [5.41, 5.74) is 0. The number of nitrogens with one attached hydrogen (secondary N) is 1. The zero-order chi connectivity index (χ0) is 16.1. The fourth-order valence-corrected chi connectivity index (χ4v) is 3.07. The van der Waals surface area contributed by atoms with E-state index in [0.717, 1.165) is 25.9 Å². The number of rotatable bonds is 6. The smallest absolute Gasteiger partial charge is 0.229 e. The van der Waals surface area contributed by atoms with Crippen molar-refractivity contribution in [2.24, 2.45) is 5.92 Å². The molecule has 0 bridgehead atoms. The van der Waals surface area contributed by atoms with E-state index in [1.54, 1.807) is 0 Å². The molecular formula is C16H26N2O4. The second-order valence-corrected chi connectivity index (χ2v) is 6.54. The number of amides is 3. The van der Waals surface area contributed by atoms with E-state index in [-0.39, 0.29) is 55.7 Å². The van der Waals surface area contributed by atoms with Crippen LogP contribution in [-0.4, -0.2) is 47.9 Å². The summed E-state index contributed by atoms with van der Waals surface area (Å²) < 4.78 is 5.78. The van der Waals surface area contributed by atoms with Crippen LogP contribution in [0.4, 0.5) is 0 Å². The molecule has 0 aromatic heterocycles. The molecule has 2 aliphatic rings. The fourth-order valence-electron chi connectivity index (χ4n) is 3.07. The average molecular weight is 310 g/mol. The summed E-state index contributed by atoms with van der Waals surface area (Å²) in [6, 6.07) is 0.0358. The van der Waals surface area contributed by atoms with Crippen molar-refractivity contribution in [2.75, 3.05) is 13.2 Å². The Kier molecular flexibility index (Phi) is 5.94. The summed E-state index contributed by atoms with van der Waals surface area (Å²) in [6.45, 7) is 5.22. The Balaban J connectivity index is 1.79. The van der Waals surface area contributed by atoms with Crippen LogP contribution in [0.1, 0.15) is 52.4 Å². The first-order chi connectivity index (χ1) is 10.5. The molecule has 0 aromatic carbocycles. The van der Waals surface area contributed by atoms with Gasteiger partial charge in [-0.1, -0.05) is 13.8 Å². The molecule has 2 atom stereocenters. The lowest BCUT2D eigenvalue weighted by atomic mass is 9.94. The quantitative estimate of drug-likeness (QED) is 0.749. The van der Waals surface area contributed by atoms with Crippen LogP contribution in [0.2, 0.25) is 0 Å². The lowest BCUT2D eigenvalue weighted by Gasteiger charge is -2.33. The maximum atomic E-state index is 12.1.